The van der Waals surface area contributed by atoms with Crippen LogP contribution in [0.1, 0.15) is 19.2 Å². The van der Waals surface area contributed by atoms with Crippen LogP contribution in [0.15, 0.2) is 27.5 Å². The molecule has 98 valence electrons. The highest BCUT2D eigenvalue weighted by Crippen LogP contribution is 2.17. The Hall–Kier alpha value is -1.66. The number of furan rings is 1. The second kappa shape index (κ2) is 6.32. The van der Waals surface area contributed by atoms with E-state index >= 15 is 0 Å². The van der Waals surface area contributed by atoms with Gasteiger partial charge in [0.05, 0.1) is 25.0 Å². The van der Waals surface area contributed by atoms with E-state index in [1.165, 1.54) is 0 Å². The first-order valence-corrected chi connectivity index (χ1v) is 6.02. The van der Waals surface area contributed by atoms with Gasteiger partial charge < -0.3 is 14.0 Å². The van der Waals surface area contributed by atoms with E-state index in [9.17, 15) is 0 Å². The second-order valence-corrected chi connectivity index (χ2v) is 4.03. The zero-order chi connectivity index (χ0) is 12.8. The van der Waals surface area contributed by atoms with Crippen molar-refractivity contribution in [3.05, 3.63) is 24.4 Å². The number of nitrogens with zero attached hydrogens (tertiary/aromatic N) is 3. The van der Waals surface area contributed by atoms with Crippen LogP contribution >= 0.6 is 0 Å². The fraction of sp³-hybridized carbons (Fsp3) is 0.500. The average Bonchev–Trinajstić information content (AvgIpc) is 2.98. The Bertz CT molecular complexity index is 447. The van der Waals surface area contributed by atoms with Gasteiger partial charge in [0, 0.05) is 6.54 Å². The number of hydrogen-bond donors (Lipinski definition) is 1. The molecule has 0 saturated carbocycles. The third kappa shape index (κ3) is 3.18. The first-order chi connectivity index (χ1) is 8.83. The lowest BCUT2D eigenvalue weighted by Gasteiger charge is -2.17. The molecule has 0 atom stereocenters. The van der Waals surface area contributed by atoms with Crippen molar-refractivity contribution in [3.63, 3.8) is 0 Å². The van der Waals surface area contributed by atoms with Crippen LogP contribution in [-0.4, -0.2) is 39.8 Å². The van der Waals surface area contributed by atoms with E-state index < -0.39 is 0 Å². The molecular formula is C12H17N3O3. The molecule has 0 unspecified atom stereocenters. The first kappa shape index (κ1) is 12.8. The minimum atomic E-state index is 0.131. The fourth-order valence-electron chi connectivity index (χ4n) is 1.75. The normalized spacial score (nSPS) is 11.3. The SMILES string of the molecule is CCCN(CCO)Cc1noc(-c2ccoc2)n1. The Kier molecular flexibility index (Phi) is 4.49. The first-order valence-electron chi connectivity index (χ1n) is 6.02. The van der Waals surface area contributed by atoms with E-state index in [0.29, 0.717) is 24.8 Å². The molecule has 0 radical (unpaired) electrons. The molecule has 0 aromatic carbocycles. The maximum absolute atomic E-state index is 8.98. The lowest BCUT2D eigenvalue weighted by molar-refractivity contribution is 0.186. The molecule has 2 rings (SSSR count). The van der Waals surface area contributed by atoms with Crippen molar-refractivity contribution in [2.45, 2.75) is 19.9 Å². The quantitative estimate of drug-likeness (QED) is 0.804. The van der Waals surface area contributed by atoms with Crippen LogP contribution in [0.4, 0.5) is 0 Å². The topological polar surface area (TPSA) is 75.5 Å². The van der Waals surface area contributed by atoms with Crippen molar-refractivity contribution in [3.8, 4) is 11.5 Å². The van der Waals surface area contributed by atoms with E-state index in [-0.39, 0.29) is 6.61 Å². The Labute approximate surface area is 105 Å². The van der Waals surface area contributed by atoms with Gasteiger partial charge in [0.25, 0.3) is 5.89 Å². The molecule has 18 heavy (non-hydrogen) atoms. The number of rotatable bonds is 7. The van der Waals surface area contributed by atoms with Crippen molar-refractivity contribution in [1.82, 2.24) is 15.0 Å². The third-order valence-electron chi connectivity index (χ3n) is 2.56. The van der Waals surface area contributed by atoms with E-state index in [1.807, 2.05) is 0 Å². The molecule has 0 amide bonds. The monoisotopic (exact) mass is 251 g/mol. The zero-order valence-corrected chi connectivity index (χ0v) is 10.4. The highest BCUT2D eigenvalue weighted by molar-refractivity contribution is 5.49. The van der Waals surface area contributed by atoms with Gasteiger partial charge in [-0.2, -0.15) is 4.98 Å². The summed E-state index contributed by atoms with van der Waals surface area (Å²) in [6.07, 6.45) is 4.15. The molecule has 0 saturated heterocycles. The van der Waals surface area contributed by atoms with Crippen molar-refractivity contribution < 1.29 is 14.0 Å². The van der Waals surface area contributed by atoms with Gasteiger partial charge in [-0.25, -0.2) is 0 Å². The van der Waals surface area contributed by atoms with Crippen LogP contribution in [0.3, 0.4) is 0 Å². The third-order valence-corrected chi connectivity index (χ3v) is 2.56. The van der Waals surface area contributed by atoms with Crippen LogP contribution in [0, 0.1) is 0 Å². The van der Waals surface area contributed by atoms with Gasteiger partial charge in [-0.15, -0.1) is 0 Å². The minimum Gasteiger partial charge on any atom is -0.472 e. The summed E-state index contributed by atoms with van der Waals surface area (Å²) in [5, 5.41) is 12.9. The lowest BCUT2D eigenvalue weighted by Crippen LogP contribution is -2.27. The predicted octanol–water partition coefficient (Wildman–Crippen LogP) is 1.53. The maximum Gasteiger partial charge on any atom is 0.261 e. The smallest absolute Gasteiger partial charge is 0.261 e. The summed E-state index contributed by atoms with van der Waals surface area (Å²) < 4.78 is 10.1. The van der Waals surface area contributed by atoms with Gasteiger partial charge in [0.15, 0.2) is 5.82 Å². The summed E-state index contributed by atoms with van der Waals surface area (Å²) in [6, 6.07) is 1.77. The molecule has 0 bridgehead atoms. The van der Waals surface area contributed by atoms with E-state index in [2.05, 4.69) is 22.0 Å². The zero-order valence-electron chi connectivity index (χ0n) is 10.4. The Morgan fingerprint density at radius 2 is 2.28 bits per heavy atom. The number of aliphatic hydroxyl groups is 1. The molecule has 2 aromatic heterocycles. The highest BCUT2D eigenvalue weighted by atomic mass is 16.5. The standard InChI is InChI=1S/C12H17N3O3/c1-2-4-15(5-6-16)8-11-13-12(18-14-11)10-3-7-17-9-10/h3,7,9,16H,2,4-6,8H2,1H3. The number of aromatic nitrogens is 2. The van der Waals surface area contributed by atoms with Gasteiger partial charge in [-0.1, -0.05) is 12.1 Å². The summed E-state index contributed by atoms with van der Waals surface area (Å²) >= 11 is 0. The summed E-state index contributed by atoms with van der Waals surface area (Å²) in [6.45, 7) is 4.32. The molecule has 1 N–H and O–H groups in total. The van der Waals surface area contributed by atoms with Crippen molar-refractivity contribution in [1.29, 1.82) is 0 Å². The van der Waals surface area contributed by atoms with Crippen LogP contribution in [0.5, 0.6) is 0 Å². The molecular weight excluding hydrogens is 234 g/mol. The molecule has 6 nitrogen and oxygen atoms in total. The molecule has 0 spiro atoms. The minimum absolute atomic E-state index is 0.131. The van der Waals surface area contributed by atoms with Gasteiger partial charge in [-0.3, -0.25) is 4.90 Å². The van der Waals surface area contributed by atoms with Gasteiger partial charge in [0.1, 0.15) is 6.26 Å². The summed E-state index contributed by atoms with van der Waals surface area (Å²) in [5.41, 5.74) is 0.776. The largest absolute Gasteiger partial charge is 0.472 e. The van der Waals surface area contributed by atoms with Crippen molar-refractivity contribution in [2.75, 3.05) is 19.7 Å². The van der Waals surface area contributed by atoms with E-state index in [4.69, 9.17) is 14.0 Å². The summed E-state index contributed by atoms with van der Waals surface area (Å²) in [7, 11) is 0. The molecule has 0 fully saturated rings. The van der Waals surface area contributed by atoms with Gasteiger partial charge in [-0.05, 0) is 19.0 Å². The van der Waals surface area contributed by atoms with Gasteiger partial charge >= 0.3 is 0 Å². The Balaban J connectivity index is 2.01. The maximum atomic E-state index is 8.98. The fourth-order valence-corrected chi connectivity index (χ4v) is 1.75. The van der Waals surface area contributed by atoms with E-state index in [1.54, 1.807) is 18.6 Å². The lowest BCUT2D eigenvalue weighted by atomic mass is 10.3. The van der Waals surface area contributed by atoms with Crippen LogP contribution in [-0.2, 0) is 6.54 Å². The summed E-state index contributed by atoms with van der Waals surface area (Å²) in [4.78, 5) is 6.38. The highest BCUT2D eigenvalue weighted by Gasteiger charge is 2.12. The molecule has 0 aliphatic heterocycles. The van der Waals surface area contributed by atoms with Crippen LogP contribution in [0.25, 0.3) is 11.5 Å². The van der Waals surface area contributed by atoms with Crippen LogP contribution < -0.4 is 0 Å². The van der Waals surface area contributed by atoms with Gasteiger partial charge in [0.2, 0.25) is 0 Å². The molecule has 0 aliphatic rings. The van der Waals surface area contributed by atoms with Crippen molar-refractivity contribution >= 4 is 0 Å². The molecule has 6 heteroatoms. The Morgan fingerprint density at radius 3 is 2.94 bits per heavy atom. The second-order valence-electron chi connectivity index (χ2n) is 4.03. The van der Waals surface area contributed by atoms with Crippen molar-refractivity contribution in [2.24, 2.45) is 0 Å². The molecule has 0 aliphatic carbocycles. The van der Waals surface area contributed by atoms with Crippen LogP contribution in [0.2, 0.25) is 0 Å². The molecule has 2 heterocycles. The number of aliphatic hydroxyl groups excluding tert-OH is 1. The predicted molar refractivity (Wildman–Crippen MR) is 64.7 cm³/mol. The van der Waals surface area contributed by atoms with E-state index in [0.717, 1.165) is 18.5 Å². The average molecular weight is 251 g/mol. The summed E-state index contributed by atoms with van der Waals surface area (Å²) in [5.74, 6) is 1.08. The molecule has 2 aromatic rings. The Morgan fingerprint density at radius 1 is 1.39 bits per heavy atom. The number of hydrogen-bond acceptors (Lipinski definition) is 6.